The molecular weight excluding hydrogens is 427 g/mol. The van der Waals surface area contributed by atoms with Gasteiger partial charge in [0.05, 0.1) is 23.1 Å². The van der Waals surface area contributed by atoms with Gasteiger partial charge in [-0.3, -0.25) is 15.1 Å². The molecule has 10 nitrogen and oxygen atoms in total. The van der Waals surface area contributed by atoms with Gasteiger partial charge in [0.15, 0.2) is 5.82 Å². The van der Waals surface area contributed by atoms with E-state index in [1.807, 2.05) is 20.8 Å². The average Bonchev–Trinajstić information content (AvgIpc) is 3.41. The maximum absolute atomic E-state index is 14.3. The van der Waals surface area contributed by atoms with Crippen molar-refractivity contribution in [1.29, 1.82) is 0 Å². The van der Waals surface area contributed by atoms with Crippen molar-refractivity contribution in [3.63, 3.8) is 0 Å². The van der Waals surface area contributed by atoms with Gasteiger partial charge < -0.3 is 10.1 Å². The molecule has 0 saturated carbocycles. The van der Waals surface area contributed by atoms with Crippen LogP contribution in [0.3, 0.4) is 0 Å². The first-order valence-electron chi connectivity index (χ1n) is 10.1. The van der Waals surface area contributed by atoms with E-state index in [1.165, 1.54) is 18.2 Å². The predicted octanol–water partition coefficient (Wildman–Crippen LogP) is 4.47. The summed E-state index contributed by atoms with van der Waals surface area (Å²) >= 11 is 0. The van der Waals surface area contributed by atoms with Gasteiger partial charge in [-0.1, -0.05) is 20.8 Å². The predicted molar refractivity (Wildman–Crippen MR) is 121 cm³/mol. The molecule has 0 unspecified atom stereocenters. The van der Waals surface area contributed by atoms with Gasteiger partial charge in [0, 0.05) is 43.1 Å². The van der Waals surface area contributed by atoms with E-state index in [4.69, 9.17) is 4.74 Å². The van der Waals surface area contributed by atoms with E-state index in [-0.39, 0.29) is 17.0 Å². The monoisotopic (exact) mass is 450 g/mol. The number of benzene rings is 1. The Morgan fingerprint density at radius 3 is 2.70 bits per heavy atom. The summed E-state index contributed by atoms with van der Waals surface area (Å²) in [4.78, 5) is 21.0. The van der Waals surface area contributed by atoms with Crippen LogP contribution in [-0.2, 0) is 12.5 Å². The fourth-order valence-electron chi connectivity index (χ4n) is 2.92. The van der Waals surface area contributed by atoms with Gasteiger partial charge in [0.2, 0.25) is 5.88 Å². The molecule has 4 rings (SSSR count). The number of nitrogens with one attached hydrogen (secondary N) is 3. The molecule has 0 fully saturated rings. The molecule has 1 aromatic carbocycles. The van der Waals surface area contributed by atoms with Crippen LogP contribution in [0.4, 0.5) is 20.7 Å². The lowest BCUT2D eigenvalue weighted by atomic mass is 9.92. The third kappa shape index (κ3) is 5.14. The first-order valence-corrected chi connectivity index (χ1v) is 10.1. The van der Waals surface area contributed by atoms with E-state index in [0.29, 0.717) is 23.0 Å². The number of amides is 2. The number of nitrogens with zero attached hydrogens (tertiary/aromatic N) is 5. The van der Waals surface area contributed by atoms with Crippen LogP contribution in [0.15, 0.2) is 48.9 Å². The Morgan fingerprint density at radius 1 is 1.18 bits per heavy atom. The lowest BCUT2D eigenvalue weighted by molar-refractivity contribution is 0.262. The van der Waals surface area contributed by atoms with Crippen LogP contribution in [0.1, 0.15) is 26.5 Å². The van der Waals surface area contributed by atoms with Gasteiger partial charge in [-0.25, -0.2) is 14.2 Å². The summed E-state index contributed by atoms with van der Waals surface area (Å²) in [5.74, 6) is 0.844. The molecule has 2 amide bonds. The Kier molecular flexibility index (Phi) is 5.78. The van der Waals surface area contributed by atoms with Crippen molar-refractivity contribution >= 4 is 17.5 Å². The normalized spacial score (nSPS) is 11.3. The second kappa shape index (κ2) is 8.69. The Bertz CT molecular complexity index is 1280. The smallest absolute Gasteiger partial charge is 0.324 e. The number of hydrogen-bond donors (Lipinski definition) is 3. The maximum Gasteiger partial charge on any atom is 0.324 e. The Morgan fingerprint density at radius 2 is 2.00 bits per heavy atom. The molecule has 0 aliphatic rings. The van der Waals surface area contributed by atoms with Crippen LogP contribution in [0.2, 0.25) is 0 Å². The number of carbonyl (C=O) groups excluding carboxylic acids is 1. The van der Waals surface area contributed by atoms with E-state index < -0.39 is 11.8 Å². The van der Waals surface area contributed by atoms with Gasteiger partial charge in [-0.2, -0.15) is 15.2 Å². The topological polar surface area (TPSA) is 123 Å². The lowest BCUT2D eigenvalue weighted by Gasteiger charge is -2.13. The number of urea groups is 1. The van der Waals surface area contributed by atoms with Crippen LogP contribution in [0, 0.1) is 5.82 Å². The standard InChI is InChI=1S/C22H23FN8O2/c1-22(2,3)17-10-18(31(4)30-17)28-21(32)27-16-9-14(5-6-15(16)23)33-19-7-8-24-20(29-19)13-11-25-26-12-13/h5-12H,1-4H3,(H,25,26)(H2,27,28,32). The van der Waals surface area contributed by atoms with E-state index >= 15 is 0 Å². The molecule has 170 valence electrons. The number of aromatic nitrogens is 6. The molecule has 0 aliphatic heterocycles. The van der Waals surface area contributed by atoms with Crippen molar-refractivity contribution in [2.75, 3.05) is 10.6 Å². The van der Waals surface area contributed by atoms with Gasteiger partial charge in [-0.05, 0) is 12.1 Å². The molecule has 0 aliphatic carbocycles. The Balaban J connectivity index is 1.47. The van der Waals surface area contributed by atoms with E-state index in [0.717, 1.165) is 5.69 Å². The summed E-state index contributed by atoms with van der Waals surface area (Å²) in [7, 11) is 1.72. The summed E-state index contributed by atoms with van der Waals surface area (Å²) < 4.78 is 21.6. The molecule has 4 aromatic rings. The first-order chi connectivity index (χ1) is 15.7. The number of carbonyl (C=O) groups is 1. The molecule has 0 spiro atoms. The largest absolute Gasteiger partial charge is 0.439 e. The highest BCUT2D eigenvalue weighted by Crippen LogP contribution is 2.27. The average molecular weight is 450 g/mol. The van der Waals surface area contributed by atoms with Gasteiger partial charge in [0.25, 0.3) is 0 Å². The van der Waals surface area contributed by atoms with Crippen molar-refractivity contribution < 1.29 is 13.9 Å². The van der Waals surface area contributed by atoms with Gasteiger partial charge >= 0.3 is 6.03 Å². The second-order valence-electron chi connectivity index (χ2n) is 8.32. The summed E-state index contributed by atoms with van der Waals surface area (Å²) in [6.45, 7) is 6.07. The third-order valence-electron chi connectivity index (χ3n) is 4.68. The SMILES string of the molecule is Cn1nc(C(C)(C)C)cc1NC(=O)Nc1cc(Oc2ccnc(-c3cn[nH]c3)n2)ccc1F. The number of halogens is 1. The van der Waals surface area contributed by atoms with Crippen LogP contribution in [0.25, 0.3) is 11.4 Å². The second-order valence-corrected chi connectivity index (χ2v) is 8.32. The minimum absolute atomic E-state index is 0.0488. The van der Waals surface area contributed by atoms with Gasteiger partial charge in [-0.15, -0.1) is 0 Å². The summed E-state index contributed by atoms with van der Waals surface area (Å²) in [6, 6.07) is 6.75. The van der Waals surface area contributed by atoms with Crippen LogP contribution in [-0.4, -0.2) is 36.0 Å². The third-order valence-corrected chi connectivity index (χ3v) is 4.68. The fraction of sp³-hybridized carbons (Fsp3) is 0.227. The Labute approximate surface area is 189 Å². The van der Waals surface area contributed by atoms with Crippen molar-refractivity contribution in [2.45, 2.75) is 26.2 Å². The van der Waals surface area contributed by atoms with E-state index in [9.17, 15) is 9.18 Å². The lowest BCUT2D eigenvalue weighted by Crippen LogP contribution is -2.21. The highest BCUT2D eigenvalue weighted by atomic mass is 19.1. The molecule has 0 atom stereocenters. The quantitative estimate of drug-likeness (QED) is 0.412. The van der Waals surface area contributed by atoms with Crippen molar-refractivity contribution in [2.24, 2.45) is 7.05 Å². The minimum atomic E-state index is -0.612. The number of aryl methyl sites for hydroxylation is 1. The van der Waals surface area contributed by atoms with Crippen molar-refractivity contribution in [1.82, 2.24) is 29.9 Å². The first kappa shape index (κ1) is 21.9. The van der Waals surface area contributed by atoms with Crippen LogP contribution >= 0.6 is 0 Å². The zero-order valence-electron chi connectivity index (χ0n) is 18.5. The number of aromatic amines is 1. The molecular formula is C22H23FN8O2. The Hall–Kier alpha value is -4.28. The zero-order valence-corrected chi connectivity index (χ0v) is 18.5. The number of H-pyrrole nitrogens is 1. The molecule has 3 heterocycles. The molecule has 33 heavy (non-hydrogen) atoms. The highest BCUT2D eigenvalue weighted by molar-refractivity contribution is 5.99. The van der Waals surface area contributed by atoms with Crippen LogP contribution < -0.4 is 15.4 Å². The van der Waals surface area contributed by atoms with Crippen molar-refractivity contribution in [3.05, 3.63) is 60.4 Å². The van der Waals surface area contributed by atoms with Crippen LogP contribution in [0.5, 0.6) is 11.6 Å². The summed E-state index contributed by atoms with van der Waals surface area (Å²) in [5, 5.41) is 16.2. The summed E-state index contributed by atoms with van der Waals surface area (Å²) in [5.41, 5.74) is 1.29. The summed E-state index contributed by atoms with van der Waals surface area (Å²) in [6.07, 6.45) is 4.79. The number of hydrogen-bond acceptors (Lipinski definition) is 6. The van der Waals surface area contributed by atoms with Gasteiger partial charge in [0.1, 0.15) is 17.4 Å². The van der Waals surface area contributed by atoms with E-state index in [2.05, 4.69) is 35.9 Å². The molecule has 3 N–H and O–H groups in total. The molecule has 0 bridgehead atoms. The number of anilines is 2. The van der Waals surface area contributed by atoms with E-state index in [1.54, 1.807) is 42.5 Å². The molecule has 0 saturated heterocycles. The highest BCUT2D eigenvalue weighted by Gasteiger charge is 2.20. The fourth-order valence-corrected chi connectivity index (χ4v) is 2.92. The minimum Gasteiger partial charge on any atom is -0.439 e. The molecule has 0 radical (unpaired) electrons. The number of rotatable bonds is 5. The maximum atomic E-state index is 14.3. The molecule has 11 heteroatoms. The molecule has 3 aromatic heterocycles. The van der Waals surface area contributed by atoms with Crippen molar-refractivity contribution in [3.8, 4) is 23.0 Å². The number of ether oxygens (including phenoxy) is 1. The zero-order chi connectivity index (χ0) is 23.6.